The molecule has 0 aliphatic carbocycles. The van der Waals surface area contributed by atoms with Crippen LogP contribution in [0.15, 0.2) is 0 Å². The van der Waals surface area contributed by atoms with Gasteiger partial charge in [-0.05, 0) is 27.2 Å². The third-order valence-corrected chi connectivity index (χ3v) is 4.47. The van der Waals surface area contributed by atoms with Crippen LogP contribution in [0.1, 0.15) is 44.7 Å². The zero-order valence-electron chi connectivity index (χ0n) is 13.2. The maximum absolute atomic E-state index is 5.42. The molecule has 0 amide bonds. The van der Waals surface area contributed by atoms with Crippen molar-refractivity contribution in [2.45, 2.75) is 52.6 Å². The van der Waals surface area contributed by atoms with Crippen LogP contribution in [0.5, 0.6) is 0 Å². The zero-order valence-corrected chi connectivity index (χ0v) is 14.0. The molecule has 0 unspecified atom stereocenters. The van der Waals surface area contributed by atoms with E-state index in [9.17, 15) is 0 Å². The summed E-state index contributed by atoms with van der Waals surface area (Å²) in [6.45, 7) is 13.3. The fraction of sp³-hybridized carbons (Fsp3) is 0.800. The molecule has 0 spiro atoms. The Morgan fingerprint density at radius 3 is 2.60 bits per heavy atom. The standard InChI is InChI=1S/C15H27N3OS/c1-5-6-12-13(11-16-15(2,3)4)20-14(17-12)18-7-9-19-10-8-18/h16H,5-11H2,1-4H3. The van der Waals surface area contributed by atoms with Gasteiger partial charge in [-0.2, -0.15) is 0 Å². The van der Waals surface area contributed by atoms with Crippen molar-refractivity contribution in [3.8, 4) is 0 Å². The lowest BCUT2D eigenvalue weighted by Crippen LogP contribution is -2.36. The lowest BCUT2D eigenvalue weighted by atomic mass is 10.1. The van der Waals surface area contributed by atoms with Crippen LogP contribution in [0.25, 0.3) is 0 Å². The monoisotopic (exact) mass is 297 g/mol. The molecule has 0 bridgehead atoms. The van der Waals surface area contributed by atoms with Crippen molar-refractivity contribution in [1.29, 1.82) is 0 Å². The normalized spacial score (nSPS) is 16.7. The third kappa shape index (κ3) is 4.43. The highest BCUT2D eigenvalue weighted by atomic mass is 32.1. The molecule has 0 saturated carbocycles. The molecule has 0 radical (unpaired) electrons. The molecular weight excluding hydrogens is 270 g/mol. The summed E-state index contributed by atoms with van der Waals surface area (Å²) in [5, 5.41) is 4.75. The van der Waals surface area contributed by atoms with Gasteiger partial charge in [0.1, 0.15) is 0 Å². The Kier molecular flexibility index (Phi) is 5.41. The Balaban J connectivity index is 2.10. The van der Waals surface area contributed by atoms with E-state index < -0.39 is 0 Å². The van der Waals surface area contributed by atoms with Crippen molar-refractivity contribution in [1.82, 2.24) is 10.3 Å². The van der Waals surface area contributed by atoms with E-state index in [0.717, 1.165) is 45.7 Å². The summed E-state index contributed by atoms with van der Waals surface area (Å²) in [6, 6.07) is 0. The van der Waals surface area contributed by atoms with E-state index in [1.807, 2.05) is 11.3 Å². The number of nitrogens with zero attached hydrogens (tertiary/aromatic N) is 2. The third-order valence-electron chi connectivity index (χ3n) is 3.31. The summed E-state index contributed by atoms with van der Waals surface area (Å²) in [5.41, 5.74) is 1.42. The van der Waals surface area contributed by atoms with E-state index in [1.165, 1.54) is 15.7 Å². The number of hydrogen-bond donors (Lipinski definition) is 1. The van der Waals surface area contributed by atoms with Gasteiger partial charge in [-0.3, -0.25) is 0 Å². The van der Waals surface area contributed by atoms with Crippen molar-refractivity contribution in [2.75, 3.05) is 31.2 Å². The highest BCUT2D eigenvalue weighted by Gasteiger charge is 2.19. The summed E-state index contributed by atoms with van der Waals surface area (Å²) in [4.78, 5) is 8.62. The average Bonchev–Trinajstić information content (AvgIpc) is 2.80. The number of ether oxygens (including phenoxy) is 1. The van der Waals surface area contributed by atoms with Crippen molar-refractivity contribution in [2.24, 2.45) is 0 Å². The van der Waals surface area contributed by atoms with Crippen LogP contribution in [-0.4, -0.2) is 36.8 Å². The maximum Gasteiger partial charge on any atom is 0.185 e. The first-order valence-corrected chi connectivity index (χ1v) is 8.37. The molecule has 1 aliphatic heterocycles. The molecule has 1 N–H and O–H groups in total. The Morgan fingerprint density at radius 1 is 1.30 bits per heavy atom. The first-order chi connectivity index (χ1) is 9.49. The lowest BCUT2D eigenvalue weighted by Gasteiger charge is -2.26. The van der Waals surface area contributed by atoms with Crippen molar-refractivity contribution >= 4 is 16.5 Å². The second-order valence-electron chi connectivity index (χ2n) is 6.32. The Labute approximate surface area is 126 Å². The van der Waals surface area contributed by atoms with Crippen molar-refractivity contribution < 1.29 is 4.74 Å². The van der Waals surface area contributed by atoms with Gasteiger partial charge in [-0.15, -0.1) is 11.3 Å². The minimum Gasteiger partial charge on any atom is -0.378 e. The number of hydrogen-bond acceptors (Lipinski definition) is 5. The number of rotatable bonds is 5. The minimum absolute atomic E-state index is 0.145. The molecule has 0 atom stereocenters. The van der Waals surface area contributed by atoms with Gasteiger partial charge in [0.15, 0.2) is 5.13 Å². The number of aryl methyl sites for hydroxylation is 1. The van der Waals surface area contributed by atoms with Gasteiger partial charge in [0, 0.05) is 30.1 Å². The van der Waals surface area contributed by atoms with Gasteiger partial charge in [-0.1, -0.05) is 13.3 Å². The quantitative estimate of drug-likeness (QED) is 0.907. The largest absolute Gasteiger partial charge is 0.378 e. The Hall–Kier alpha value is -0.650. The predicted molar refractivity (Wildman–Crippen MR) is 85.7 cm³/mol. The summed E-state index contributed by atoms with van der Waals surface area (Å²) in [5.74, 6) is 0. The van der Waals surface area contributed by atoms with E-state index in [0.29, 0.717) is 0 Å². The first-order valence-electron chi connectivity index (χ1n) is 7.56. The summed E-state index contributed by atoms with van der Waals surface area (Å²) in [7, 11) is 0. The first kappa shape index (κ1) is 15.7. The molecule has 1 aromatic heterocycles. The molecule has 114 valence electrons. The molecule has 4 nitrogen and oxygen atoms in total. The molecule has 0 aromatic carbocycles. The number of morpholine rings is 1. The fourth-order valence-corrected chi connectivity index (χ4v) is 3.27. The average molecular weight is 297 g/mol. The smallest absolute Gasteiger partial charge is 0.185 e. The lowest BCUT2D eigenvalue weighted by molar-refractivity contribution is 0.122. The molecule has 1 fully saturated rings. The molecule has 2 rings (SSSR count). The minimum atomic E-state index is 0.145. The highest BCUT2D eigenvalue weighted by Crippen LogP contribution is 2.28. The molecule has 2 heterocycles. The Bertz CT molecular complexity index is 419. The molecule has 20 heavy (non-hydrogen) atoms. The molecule has 1 aromatic rings. The van der Waals surface area contributed by atoms with E-state index in [1.54, 1.807) is 0 Å². The van der Waals surface area contributed by atoms with Crippen LogP contribution in [0.4, 0.5) is 5.13 Å². The second-order valence-corrected chi connectivity index (χ2v) is 7.38. The number of aromatic nitrogens is 1. The summed E-state index contributed by atoms with van der Waals surface area (Å²) in [6.07, 6.45) is 2.22. The second kappa shape index (κ2) is 6.87. The summed E-state index contributed by atoms with van der Waals surface area (Å²) >= 11 is 1.84. The van der Waals surface area contributed by atoms with Crippen LogP contribution in [-0.2, 0) is 17.7 Å². The van der Waals surface area contributed by atoms with Gasteiger partial charge in [0.2, 0.25) is 0 Å². The predicted octanol–water partition coefficient (Wildman–Crippen LogP) is 2.82. The highest BCUT2D eigenvalue weighted by molar-refractivity contribution is 7.15. The van der Waals surface area contributed by atoms with Gasteiger partial charge < -0.3 is 15.0 Å². The van der Waals surface area contributed by atoms with Crippen LogP contribution in [0.2, 0.25) is 0 Å². The topological polar surface area (TPSA) is 37.4 Å². The molecule has 1 aliphatic rings. The molecular formula is C15H27N3OS. The zero-order chi connectivity index (χ0) is 14.6. The van der Waals surface area contributed by atoms with Crippen molar-refractivity contribution in [3.05, 3.63) is 10.6 Å². The molecule has 1 saturated heterocycles. The van der Waals surface area contributed by atoms with Gasteiger partial charge in [0.25, 0.3) is 0 Å². The number of anilines is 1. The van der Waals surface area contributed by atoms with Gasteiger partial charge in [0.05, 0.1) is 18.9 Å². The SMILES string of the molecule is CCCc1nc(N2CCOCC2)sc1CNC(C)(C)C. The summed E-state index contributed by atoms with van der Waals surface area (Å²) < 4.78 is 5.42. The van der Waals surface area contributed by atoms with E-state index in [4.69, 9.17) is 9.72 Å². The van der Waals surface area contributed by atoms with E-state index >= 15 is 0 Å². The molecule has 5 heteroatoms. The van der Waals surface area contributed by atoms with Gasteiger partial charge >= 0.3 is 0 Å². The Morgan fingerprint density at radius 2 is 2.00 bits per heavy atom. The van der Waals surface area contributed by atoms with Gasteiger partial charge in [-0.25, -0.2) is 4.98 Å². The van der Waals surface area contributed by atoms with Crippen molar-refractivity contribution in [3.63, 3.8) is 0 Å². The maximum atomic E-state index is 5.42. The van der Waals surface area contributed by atoms with Crippen LogP contribution in [0.3, 0.4) is 0 Å². The van der Waals surface area contributed by atoms with Crippen LogP contribution >= 0.6 is 11.3 Å². The number of nitrogens with one attached hydrogen (secondary N) is 1. The van der Waals surface area contributed by atoms with Crippen LogP contribution in [0, 0.1) is 0 Å². The van der Waals surface area contributed by atoms with E-state index in [2.05, 4.69) is 37.9 Å². The number of thiazole rings is 1. The van der Waals surface area contributed by atoms with Crippen LogP contribution < -0.4 is 10.2 Å². The van der Waals surface area contributed by atoms with E-state index in [-0.39, 0.29) is 5.54 Å². The fourth-order valence-electron chi connectivity index (χ4n) is 2.18.